The highest BCUT2D eigenvalue weighted by Crippen LogP contribution is 2.18. The highest BCUT2D eigenvalue weighted by atomic mass is 35.5. The van der Waals surface area contributed by atoms with Crippen LogP contribution in [0.15, 0.2) is 48.5 Å². The van der Waals surface area contributed by atoms with Crippen LogP contribution in [-0.2, 0) is 11.2 Å². The quantitative estimate of drug-likeness (QED) is 0.860. The Morgan fingerprint density at radius 2 is 1.91 bits per heavy atom. The zero-order chi connectivity index (χ0) is 15.9. The Morgan fingerprint density at radius 1 is 1.23 bits per heavy atom. The Balaban J connectivity index is 1.86. The number of ether oxygens (including phenoxy) is 1. The first-order valence-corrected chi connectivity index (χ1v) is 7.30. The molecule has 0 radical (unpaired) electrons. The fraction of sp³-hybridized carbons (Fsp3) is 0.235. The van der Waals surface area contributed by atoms with E-state index in [-0.39, 0.29) is 18.9 Å². The molecular formula is C17H18ClNO3. The monoisotopic (exact) mass is 319 g/mol. The Bertz CT molecular complexity index is 628. The molecule has 2 aromatic carbocycles. The largest absolute Gasteiger partial charge is 0.497 e. The van der Waals surface area contributed by atoms with E-state index in [0.29, 0.717) is 5.02 Å². The van der Waals surface area contributed by atoms with Crippen molar-refractivity contribution in [3.05, 3.63) is 64.7 Å². The van der Waals surface area contributed by atoms with Crippen LogP contribution in [0, 0.1) is 0 Å². The standard InChI is InChI=1S/C17H18ClNO3/c1-22-14-8-6-12(7-9-14)16(20)11-19-17(21)10-13-4-2-3-5-15(13)18/h2-9,16,20H,10-11H2,1H3,(H,19,21). The maximum Gasteiger partial charge on any atom is 0.224 e. The molecule has 0 aromatic heterocycles. The summed E-state index contributed by atoms with van der Waals surface area (Å²) in [5.41, 5.74) is 1.49. The summed E-state index contributed by atoms with van der Waals surface area (Å²) >= 11 is 6.01. The van der Waals surface area contributed by atoms with Gasteiger partial charge in [-0.15, -0.1) is 0 Å². The van der Waals surface area contributed by atoms with Crippen molar-refractivity contribution in [2.45, 2.75) is 12.5 Å². The van der Waals surface area contributed by atoms with Crippen molar-refractivity contribution in [2.75, 3.05) is 13.7 Å². The van der Waals surface area contributed by atoms with Gasteiger partial charge in [-0.05, 0) is 29.3 Å². The number of methoxy groups -OCH3 is 1. The molecular weight excluding hydrogens is 302 g/mol. The molecule has 0 heterocycles. The van der Waals surface area contributed by atoms with Gasteiger partial charge in [0.15, 0.2) is 0 Å². The SMILES string of the molecule is COc1ccc(C(O)CNC(=O)Cc2ccccc2Cl)cc1. The summed E-state index contributed by atoms with van der Waals surface area (Å²) in [6, 6.07) is 14.3. The number of amides is 1. The van der Waals surface area contributed by atoms with Gasteiger partial charge in [-0.2, -0.15) is 0 Å². The van der Waals surface area contributed by atoms with E-state index in [0.717, 1.165) is 16.9 Å². The molecule has 2 rings (SSSR count). The van der Waals surface area contributed by atoms with Crippen LogP contribution in [0.5, 0.6) is 5.75 Å². The van der Waals surface area contributed by atoms with E-state index < -0.39 is 6.10 Å². The molecule has 0 aliphatic carbocycles. The number of nitrogens with one attached hydrogen (secondary N) is 1. The normalized spacial score (nSPS) is 11.8. The summed E-state index contributed by atoms with van der Waals surface area (Å²) in [4.78, 5) is 11.9. The van der Waals surface area contributed by atoms with Crippen molar-refractivity contribution in [1.29, 1.82) is 0 Å². The summed E-state index contributed by atoms with van der Waals surface area (Å²) in [6.07, 6.45) is -0.573. The third kappa shape index (κ3) is 4.48. The minimum Gasteiger partial charge on any atom is -0.497 e. The number of rotatable bonds is 6. The van der Waals surface area contributed by atoms with Crippen LogP contribution in [0.25, 0.3) is 0 Å². The van der Waals surface area contributed by atoms with Gasteiger partial charge in [0.1, 0.15) is 5.75 Å². The van der Waals surface area contributed by atoms with Gasteiger partial charge < -0.3 is 15.2 Å². The number of carbonyl (C=O) groups is 1. The van der Waals surface area contributed by atoms with Crippen molar-refractivity contribution in [3.63, 3.8) is 0 Å². The molecule has 4 nitrogen and oxygen atoms in total. The van der Waals surface area contributed by atoms with Crippen molar-refractivity contribution in [1.82, 2.24) is 5.32 Å². The zero-order valence-electron chi connectivity index (χ0n) is 12.3. The molecule has 5 heteroatoms. The van der Waals surface area contributed by atoms with Crippen molar-refractivity contribution < 1.29 is 14.6 Å². The molecule has 0 spiro atoms. The van der Waals surface area contributed by atoms with E-state index in [4.69, 9.17) is 16.3 Å². The summed E-state index contributed by atoms with van der Waals surface area (Å²) in [7, 11) is 1.58. The molecule has 0 aliphatic heterocycles. The fourth-order valence-corrected chi connectivity index (χ4v) is 2.23. The number of aliphatic hydroxyl groups is 1. The van der Waals surface area contributed by atoms with Gasteiger partial charge in [0.25, 0.3) is 0 Å². The zero-order valence-corrected chi connectivity index (χ0v) is 13.0. The highest BCUT2D eigenvalue weighted by Gasteiger charge is 2.11. The second-order valence-corrected chi connectivity index (χ2v) is 5.27. The van der Waals surface area contributed by atoms with E-state index in [2.05, 4.69) is 5.32 Å². The molecule has 116 valence electrons. The summed E-state index contributed by atoms with van der Waals surface area (Å²) < 4.78 is 5.06. The van der Waals surface area contributed by atoms with Gasteiger partial charge in [0.05, 0.1) is 19.6 Å². The lowest BCUT2D eigenvalue weighted by molar-refractivity contribution is -0.120. The Kier molecular flexibility index (Phi) is 5.81. The Hall–Kier alpha value is -2.04. The number of aliphatic hydroxyl groups excluding tert-OH is 1. The number of benzene rings is 2. The molecule has 1 unspecified atom stereocenters. The fourth-order valence-electron chi connectivity index (χ4n) is 2.03. The van der Waals surface area contributed by atoms with Crippen molar-refractivity contribution >= 4 is 17.5 Å². The van der Waals surface area contributed by atoms with E-state index in [1.165, 1.54) is 0 Å². The van der Waals surface area contributed by atoms with Crippen LogP contribution in [-0.4, -0.2) is 24.7 Å². The minimum absolute atomic E-state index is 0.148. The molecule has 0 bridgehead atoms. The lowest BCUT2D eigenvalue weighted by Crippen LogP contribution is -2.29. The Labute approximate surface area is 134 Å². The van der Waals surface area contributed by atoms with Crippen LogP contribution in [0.4, 0.5) is 0 Å². The third-order valence-electron chi connectivity index (χ3n) is 3.30. The maximum absolute atomic E-state index is 11.9. The van der Waals surface area contributed by atoms with Crippen LogP contribution < -0.4 is 10.1 Å². The summed E-state index contributed by atoms with van der Waals surface area (Å²) in [5, 5.41) is 13.3. The summed E-state index contributed by atoms with van der Waals surface area (Å²) in [5.74, 6) is 0.541. The van der Waals surface area contributed by atoms with E-state index in [1.807, 2.05) is 18.2 Å². The smallest absolute Gasteiger partial charge is 0.224 e. The molecule has 2 N–H and O–H groups in total. The molecule has 0 saturated carbocycles. The first-order valence-electron chi connectivity index (χ1n) is 6.92. The van der Waals surface area contributed by atoms with Crippen LogP contribution in [0.3, 0.4) is 0 Å². The van der Waals surface area contributed by atoms with Gasteiger partial charge in [-0.1, -0.05) is 41.9 Å². The number of hydrogen-bond acceptors (Lipinski definition) is 3. The molecule has 1 atom stereocenters. The van der Waals surface area contributed by atoms with Gasteiger partial charge in [0.2, 0.25) is 5.91 Å². The highest BCUT2D eigenvalue weighted by molar-refractivity contribution is 6.31. The van der Waals surface area contributed by atoms with Crippen LogP contribution in [0.2, 0.25) is 5.02 Å². The van der Waals surface area contributed by atoms with E-state index in [1.54, 1.807) is 37.4 Å². The molecule has 22 heavy (non-hydrogen) atoms. The average Bonchev–Trinajstić information content (AvgIpc) is 2.55. The minimum atomic E-state index is -0.763. The lowest BCUT2D eigenvalue weighted by Gasteiger charge is -2.13. The second kappa shape index (κ2) is 7.82. The van der Waals surface area contributed by atoms with Gasteiger partial charge >= 0.3 is 0 Å². The molecule has 0 saturated heterocycles. The first kappa shape index (κ1) is 16.3. The van der Waals surface area contributed by atoms with Crippen molar-refractivity contribution in [2.24, 2.45) is 0 Å². The summed E-state index contributed by atoms with van der Waals surface area (Å²) in [6.45, 7) is 0.148. The number of halogens is 1. The Morgan fingerprint density at radius 3 is 2.55 bits per heavy atom. The predicted octanol–water partition coefficient (Wildman–Crippen LogP) is 2.74. The van der Waals surface area contributed by atoms with E-state index >= 15 is 0 Å². The third-order valence-corrected chi connectivity index (χ3v) is 3.67. The maximum atomic E-state index is 11.9. The van der Waals surface area contributed by atoms with Gasteiger partial charge in [-0.25, -0.2) is 0 Å². The van der Waals surface area contributed by atoms with Gasteiger partial charge in [0, 0.05) is 11.6 Å². The molecule has 0 fully saturated rings. The van der Waals surface area contributed by atoms with E-state index in [9.17, 15) is 9.90 Å². The first-order chi connectivity index (χ1) is 10.6. The number of carbonyl (C=O) groups excluding carboxylic acids is 1. The number of hydrogen-bond donors (Lipinski definition) is 2. The topological polar surface area (TPSA) is 58.6 Å². The van der Waals surface area contributed by atoms with Crippen LogP contribution >= 0.6 is 11.6 Å². The van der Waals surface area contributed by atoms with Crippen LogP contribution in [0.1, 0.15) is 17.2 Å². The van der Waals surface area contributed by atoms with Crippen molar-refractivity contribution in [3.8, 4) is 5.75 Å². The molecule has 0 aliphatic rings. The second-order valence-electron chi connectivity index (χ2n) is 4.86. The molecule has 2 aromatic rings. The van der Waals surface area contributed by atoms with Gasteiger partial charge in [-0.3, -0.25) is 4.79 Å². The lowest BCUT2D eigenvalue weighted by atomic mass is 10.1. The predicted molar refractivity (Wildman–Crippen MR) is 86.1 cm³/mol. The average molecular weight is 320 g/mol. The molecule has 1 amide bonds.